The Morgan fingerprint density at radius 3 is 2.20 bits per heavy atom. The minimum atomic E-state index is -0.210. The van der Waals surface area contributed by atoms with Gasteiger partial charge in [0.25, 0.3) is 0 Å². The lowest BCUT2D eigenvalue weighted by molar-refractivity contribution is -0.0381. The number of hydrogen-bond donors (Lipinski definition) is 1. The van der Waals surface area contributed by atoms with Gasteiger partial charge in [-0.05, 0) is 79.9 Å². The highest BCUT2D eigenvalue weighted by molar-refractivity contribution is 7.99. The summed E-state index contributed by atoms with van der Waals surface area (Å²) in [6.45, 7) is 0. The number of nitrogens with two attached hydrogens (primary N) is 1. The maximum Gasteiger partial charge on any atom is 0.126 e. The first kappa shape index (κ1) is 13.0. The maximum atomic E-state index is 13.4. The summed E-state index contributed by atoms with van der Waals surface area (Å²) in [5.74, 6) is 3.90. The Bertz CT molecular complexity index is 472. The van der Waals surface area contributed by atoms with Crippen LogP contribution in [0.15, 0.2) is 23.1 Å². The second kappa shape index (κ2) is 4.66. The summed E-state index contributed by atoms with van der Waals surface area (Å²) in [5.41, 5.74) is 6.82. The Morgan fingerprint density at radius 2 is 1.65 bits per heavy atom. The fourth-order valence-electron chi connectivity index (χ4n) is 5.37. The molecule has 0 aliphatic heterocycles. The molecule has 4 aliphatic rings. The van der Waals surface area contributed by atoms with E-state index in [-0.39, 0.29) is 5.82 Å². The van der Waals surface area contributed by atoms with Crippen molar-refractivity contribution in [3.05, 3.63) is 24.0 Å². The number of benzene rings is 1. The standard InChI is InChI=1S/C17H22FNS/c18-14-4-15(19)6-16(5-14)20-10-17-7-11-1-12(8-17)3-13(2-11)9-17/h4-6,11-13H,1-3,7-10,19H2. The molecule has 4 bridgehead atoms. The van der Waals surface area contributed by atoms with E-state index in [1.54, 1.807) is 6.07 Å². The lowest BCUT2D eigenvalue weighted by Gasteiger charge is -2.56. The number of hydrogen-bond acceptors (Lipinski definition) is 2. The van der Waals surface area contributed by atoms with Crippen LogP contribution in [0.5, 0.6) is 0 Å². The molecule has 5 rings (SSSR count). The van der Waals surface area contributed by atoms with Crippen LogP contribution in [0.1, 0.15) is 38.5 Å². The lowest BCUT2D eigenvalue weighted by Crippen LogP contribution is -2.47. The molecule has 3 heteroatoms. The lowest BCUT2D eigenvalue weighted by atomic mass is 9.50. The second-order valence-corrected chi connectivity index (χ2v) is 8.48. The van der Waals surface area contributed by atoms with E-state index in [1.807, 2.05) is 17.8 Å². The van der Waals surface area contributed by atoms with Gasteiger partial charge in [0, 0.05) is 16.3 Å². The van der Waals surface area contributed by atoms with Gasteiger partial charge in [0.2, 0.25) is 0 Å². The second-order valence-electron chi connectivity index (χ2n) is 7.43. The van der Waals surface area contributed by atoms with E-state index >= 15 is 0 Å². The molecular formula is C17H22FNS. The van der Waals surface area contributed by atoms with Crippen molar-refractivity contribution in [2.24, 2.45) is 23.2 Å². The molecule has 0 heterocycles. The molecule has 4 aliphatic carbocycles. The van der Waals surface area contributed by atoms with Crippen molar-refractivity contribution in [3.63, 3.8) is 0 Å². The molecule has 0 amide bonds. The van der Waals surface area contributed by atoms with Crippen LogP contribution < -0.4 is 5.73 Å². The van der Waals surface area contributed by atoms with Gasteiger partial charge in [-0.3, -0.25) is 0 Å². The molecule has 1 aromatic carbocycles. The van der Waals surface area contributed by atoms with Crippen molar-refractivity contribution in [1.29, 1.82) is 0 Å². The van der Waals surface area contributed by atoms with Gasteiger partial charge in [-0.1, -0.05) is 0 Å². The topological polar surface area (TPSA) is 26.0 Å². The van der Waals surface area contributed by atoms with Crippen molar-refractivity contribution in [3.8, 4) is 0 Å². The first-order chi connectivity index (χ1) is 9.60. The fourth-order valence-corrected chi connectivity index (χ4v) is 6.61. The normalized spacial score (nSPS) is 38.4. The van der Waals surface area contributed by atoms with Crippen molar-refractivity contribution >= 4 is 17.4 Å². The molecule has 4 fully saturated rings. The quantitative estimate of drug-likeness (QED) is 0.644. The van der Waals surface area contributed by atoms with Crippen molar-refractivity contribution < 1.29 is 4.39 Å². The van der Waals surface area contributed by atoms with Crippen molar-refractivity contribution in [1.82, 2.24) is 0 Å². The number of nitrogen functional groups attached to an aromatic ring is 1. The van der Waals surface area contributed by atoms with Gasteiger partial charge in [-0.15, -0.1) is 11.8 Å². The zero-order chi connectivity index (χ0) is 13.7. The van der Waals surface area contributed by atoms with Crippen LogP contribution in [0.4, 0.5) is 10.1 Å². The molecular weight excluding hydrogens is 269 g/mol. The first-order valence-corrected chi connectivity index (χ1v) is 8.78. The highest BCUT2D eigenvalue weighted by atomic mass is 32.2. The SMILES string of the molecule is Nc1cc(F)cc(SCC23CC4CC(CC(C4)C2)C3)c1. The zero-order valence-electron chi connectivity index (χ0n) is 11.8. The highest BCUT2D eigenvalue weighted by Gasteiger charge is 2.50. The molecule has 1 aromatic rings. The van der Waals surface area contributed by atoms with E-state index in [4.69, 9.17) is 5.73 Å². The summed E-state index contributed by atoms with van der Waals surface area (Å²) in [7, 11) is 0. The van der Waals surface area contributed by atoms with Gasteiger partial charge < -0.3 is 5.73 Å². The molecule has 2 N–H and O–H groups in total. The minimum absolute atomic E-state index is 0.210. The Hall–Kier alpha value is -0.700. The summed E-state index contributed by atoms with van der Waals surface area (Å²) in [5, 5.41) is 0. The van der Waals surface area contributed by atoms with Crippen molar-refractivity contribution in [2.75, 3.05) is 11.5 Å². The monoisotopic (exact) mass is 291 g/mol. The number of anilines is 1. The maximum absolute atomic E-state index is 13.4. The number of rotatable bonds is 3. The van der Waals surface area contributed by atoms with Crippen LogP contribution in [-0.4, -0.2) is 5.75 Å². The fraction of sp³-hybridized carbons (Fsp3) is 0.647. The Labute approximate surface area is 124 Å². The van der Waals surface area contributed by atoms with Crippen LogP contribution in [0.25, 0.3) is 0 Å². The van der Waals surface area contributed by atoms with Crippen LogP contribution in [-0.2, 0) is 0 Å². The summed E-state index contributed by atoms with van der Waals surface area (Å²) < 4.78 is 13.4. The summed E-state index contributed by atoms with van der Waals surface area (Å²) in [6.07, 6.45) is 8.69. The average Bonchev–Trinajstić information content (AvgIpc) is 2.34. The third kappa shape index (κ3) is 2.34. The third-order valence-corrected chi connectivity index (χ3v) is 6.93. The molecule has 0 saturated heterocycles. The Kier molecular flexibility index (Phi) is 3.03. The van der Waals surface area contributed by atoms with Crippen LogP contribution in [0.3, 0.4) is 0 Å². The van der Waals surface area contributed by atoms with E-state index < -0.39 is 0 Å². The zero-order valence-corrected chi connectivity index (χ0v) is 12.6. The van der Waals surface area contributed by atoms with Gasteiger partial charge in [0.1, 0.15) is 5.82 Å². The van der Waals surface area contributed by atoms with Gasteiger partial charge in [0.15, 0.2) is 0 Å². The van der Waals surface area contributed by atoms with Gasteiger partial charge in [-0.2, -0.15) is 0 Å². The van der Waals surface area contributed by atoms with E-state index in [0.717, 1.165) is 28.4 Å². The molecule has 0 aromatic heterocycles. The molecule has 0 spiro atoms. The van der Waals surface area contributed by atoms with E-state index in [1.165, 1.54) is 44.6 Å². The largest absolute Gasteiger partial charge is 0.399 e. The van der Waals surface area contributed by atoms with E-state index in [2.05, 4.69) is 0 Å². The van der Waals surface area contributed by atoms with Crippen LogP contribution in [0.2, 0.25) is 0 Å². The number of thioether (sulfide) groups is 1. The van der Waals surface area contributed by atoms with Crippen LogP contribution >= 0.6 is 11.8 Å². The molecule has 0 atom stereocenters. The highest BCUT2D eigenvalue weighted by Crippen LogP contribution is 2.61. The smallest absolute Gasteiger partial charge is 0.126 e. The molecule has 0 radical (unpaired) electrons. The summed E-state index contributed by atoms with van der Waals surface area (Å²) in [4.78, 5) is 0.998. The van der Waals surface area contributed by atoms with Crippen LogP contribution in [0, 0.1) is 29.0 Å². The van der Waals surface area contributed by atoms with Gasteiger partial charge >= 0.3 is 0 Å². The Balaban J connectivity index is 1.49. The van der Waals surface area contributed by atoms with E-state index in [0.29, 0.717) is 11.1 Å². The van der Waals surface area contributed by atoms with E-state index in [9.17, 15) is 4.39 Å². The summed E-state index contributed by atoms with van der Waals surface area (Å²) in [6, 6.07) is 4.94. The molecule has 0 unspecified atom stereocenters. The molecule has 1 nitrogen and oxygen atoms in total. The predicted molar refractivity (Wildman–Crippen MR) is 82.1 cm³/mol. The minimum Gasteiger partial charge on any atom is -0.399 e. The van der Waals surface area contributed by atoms with Crippen molar-refractivity contribution in [2.45, 2.75) is 43.4 Å². The number of halogens is 1. The molecule has 108 valence electrons. The molecule has 4 saturated carbocycles. The molecule has 20 heavy (non-hydrogen) atoms. The predicted octanol–water partition coefficient (Wildman–Crippen LogP) is 4.72. The summed E-state index contributed by atoms with van der Waals surface area (Å²) >= 11 is 1.82. The third-order valence-electron chi connectivity index (χ3n) is 5.60. The van der Waals surface area contributed by atoms with Gasteiger partial charge in [-0.25, -0.2) is 4.39 Å². The van der Waals surface area contributed by atoms with Gasteiger partial charge in [0.05, 0.1) is 0 Å². The first-order valence-electron chi connectivity index (χ1n) is 7.79. The Morgan fingerprint density at radius 1 is 1.05 bits per heavy atom. The average molecular weight is 291 g/mol.